The molecule has 3 N–H and O–H groups in total. The zero-order valence-corrected chi connectivity index (χ0v) is 9.58. The third kappa shape index (κ3) is 1.48. The largest absolute Gasteiger partial charge is 0.503 e. The lowest BCUT2D eigenvalue weighted by Crippen LogP contribution is -2.56. The van der Waals surface area contributed by atoms with Gasteiger partial charge in [-0.1, -0.05) is 18.2 Å². The van der Waals surface area contributed by atoms with E-state index in [0.717, 1.165) is 11.0 Å². The van der Waals surface area contributed by atoms with Crippen LogP contribution < -0.4 is 15.5 Å². The van der Waals surface area contributed by atoms with E-state index in [4.69, 9.17) is 0 Å². The van der Waals surface area contributed by atoms with E-state index in [1.165, 1.54) is 0 Å². The number of aliphatic hydroxyl groups excluding tert-OH is 1. The van der Waals surface area contributed by atoms with E-state index >= 15 is 0 Å². The van der Waals surface area contributed by atoms with Crippen LogP contribution in [0.15, 0.2) is 42.2 Å². The van der Waals surface area contributed by atoms with Crippen molar-refractivity contribution in [3.05, 3.63) is 42.2 Å². The first-order valence-electron chi connectivity index (χ1n) is 5.49. The molecule has 1 fully saturated rings. The van der Waals surface area contributed by atoms with Crippen molar-refractivity contribution in [1.82, 2.24) is 10.6 Å². The quantitative estimate of drug-likeness (QED) is 0.619. The Kier molecular flexibility index (Phi) is 2.12. The number of imide groups is 1. The number of aliphatic hydroxyl groups is 1. The molecule has 1 unspecified atom stereocenters. The van der Waals surface area contributed by atoms with E-state index in [2.05, 4.69) is 10.6 Å². The number of nitrogens with zero attached hydrogens (tertiary/aromatic N) is 1. The van der Waals surface area contributed by atoms with Crippen molar-refractivity contribution >= 4 is 23.5 Å². The maximum Gasteiger partial charge on any atom is 0.331 e. The Labute approximate surface area is 107 Å². The van der Waals surface area contributed by atoms with Crippen LogP contribution in [-0.2, 0) is 9.59 Å². The van der Waals surface area contributed by atoms with Gasteiger partial charge in [-0.2, -0.15) is 0 Å². The van der Waals surface area contributed by atoms with Crippen LogP contribution in [-0.4, -0.2) is 28.6 Å². The molecule has 2 aliphatic heterocycles. The molecule has 3 rings (SSSR count). The first-order chi connectivity index (χ1) is 9.03. The van der Waals surface area contributed by atoms with Gasteiger partial charge in [0.05, 0.1) is 5.69 Å². The van der Waals surface area contributed by atoms with Crippen LogP contribution in [0.4, 0.5) is 10.5 Å². The number of hydrogen-bond acceptors (Lipinski definition) is 4. The van der Waals surface area contributed by atoms with Gasteiger partial charge >= 0.3 is 6.03 Å². The fourth-order valence-electron chi connectivity index (χ4n) is 2.09. The number of rotatable bonds is 1. The summed E-state index contributed by atoms with van der Waals surface area (Å²) in [5.41, 5.74) is -1.30. The highest BCUT2D eigenvalue weighted by Crippen LogP contribution is 2.27. The Morgan fingerprint density at radius 2 is 1.74 bits per heavy atom. The van der Waals surface area contributed by atoms with Gasteiger partial charge in [0.2, 0.25) is 5.66 Å². The fraction of sp³-hybridized carbons (Fsp3) is 0.0833. The van der Waals surface area contributed by atoms with Crippen LogP contribution in [0.1, 0.15) is 0 Å². The lowest BCUT2D eigenvalue weighted by molar-refractivity contribution is -0.126. The minimum atomic E-state index is -1.69. The van der Waals surface area contributed by atoms with Gasteiger partial charge in [-0.3, -0.25) is 9.59 Å². The zero-order chi connectivity index (χ0) is 13.6. The van der Waals surface area contributed by atoms with E-state index in [1.807, 2.05) is 0 Å². The normalized spacial score (nSPS) is 25.6. The molecule has 1 spiro atoms. The van der Waals surface area contributed by atoms with Gasteiger partial charge in [-0.05, 0) is 12.1 Å². The minimum absolute atomic E-state index is 0.385. The molecule has 2 heterocycles. The highest BCUT2D eigenvalue weighted by atomic mass is 16.3. The number of nitrogens with one attached hydrogen (secondary N) is 2. The summed E-state index contributed by atoms with van der Waals surface area (Å²) in [7, 11) is 0. The molecule has 0 saturated carbocycles. The van der Waals surface area contributed by atoms with Gasteiger partial charge in [0.15, 0.2) is 5.76 Å². The predicted octanol–water partition coefficient (Wildman–Crippen LogP) is 0.0108. The second-order valence-corrected chi connectivity index (χ2v) is 4.20. The molecule has 0 aliphatic carbocycles. The van der Waals surface area contributed by atoms with Gasteiger partial charge in [0.1, 0.15) is 0 Å². The van der Waals surface area contributed by atoms with Crippen LogP contribution in [0.25, 0.3) is 0 Å². The second kappa shape index (κ2) is 3.58. The number of para-hydroxylation sites is 1. The molecule has 7 nitrogen and oxygen atoms in total. The molecule has 1 atom stereocenters. The minimum Gasteiger partial charge on any atom is -0.503 e. The monoisotopic (exact) mass is 259 g/mol. The van der Waals surface area contributed by atoms with E-state index in [-0.39, 0.29) is 0 Å². The fourth-order valence-corrected chi connectivity index (χ4v) is 2.09. The Bertz CT molecular complexity index is 625. The smallest absolute Gasteiger partial charge is 0.331 e. The van der Waals surface area contributed by atoms with Crippen molar-refractivity contribution in [2.45, 2.75) is 5.66 Å². The summed E-state index contributed by atoms with van der Waals surface area (Å²) in [4.78, 5) is 36.4. The van der Waals surface area contributed by atoms with Crippen LogP contribution in [0, 0.1) is 0 Å². The summed E-state index contributed by atoms with van der Waals surface area (Å²) in [6.07, 6.45) is 0.999. The van der Waals surface area contributed by atoms with E-state index in [1.54, 1.807) is 30.3 Å². The molecule has 1 saturated heterocycles. The van der Waals surface area contributed by atoms with E-state index in [9.17, 15) is 19.5 Å². The van der Waals surface area contributed by atoms with Crippen molar-refractivity contribution in [2.24, 2.45) is 0 Å². The number of hydrogen-bond donors (Lipinski definition) is 3. The summed E-state index contributed by atoms with van der Waals surface area (Å²) in [5.74, 6) is -2.06. The second-order valence-electron chi connectivity index (χ2n) is 4.20. The maximum absolute atomic E-state index is 12.3. The highest BCUT2D eigenvalue weighted by molar-refractivity contribution is 6.26. The molecular weight excluding hydrogens is 250 g/mol. The average Bonchev–Trinajstić information content (AvgIpc) is 2.79. The Balaban J connectivity index is 2.02. The number of benzene rings is 1. The third-order valence-electron chi connectivity index (χ3n) is 2.96. The van der Waals surface area contributed by atoms with Crippen molar-refractivity contribution in [2.75, 3.05) is 4.90 Å². The van der Waals surface area contributed by atoms with E-state index in [0.29, 0.717) is 5.69 Å². The van der Waals surface area contributed by atoms with Crippen molar-refractivity contribution in [3.8, 4) is 0 Å². The molecule has 4 amide bonds. The lowest BCUT2D eigenvalue weighted by Gasteiger charge is -2.18. The highest BCUT2D eigenvalue weighted by Gasteiger charge is 2.55. The van der Waals surface area contributed by atoms with Gasteiger partial charge in [0.25, 0.3) is 11.8 Å². The molecule has 0 bridgehead atoms. The Hall–Kier alpha value is -2.83. The van der Waals surface area contributed by atoms with E-state index < -0.39 is 29.3 Å². The topological polar surface area (TPSA) is 98.7 Å². The first kappa shape index (κ1) is 11.3. The SMILES string of the molecule is O=C1NC2(C=C1O)NC(=O)N(c1ccccc1)C2=O. The predicted molar refractivity (Wildman–Crippen MR) is 64.0 cm³/mol. The zero-order valence-electron chi connectivity index (χ0n) is 9.58. The summed E-state index contributed by atoms with van der Waals surface area (Å²) in [5, 5.41) is 13.9. The van der Waals surface area contributed by atoms with Gasteiger partial charge < -0.3 is 15.7 Å². The molecule has 19 heavy (non-hydrogen) atoms. The standard InChI is InChI=1S/C12H9N3O4/c16-8-6-12(13-9(8)17)10(18)15(11(19)14-12)7-4-2-1-3-5-7/h1-6,16H,(H,13,17)(H,14,19). The molecule has 96 valence electrons. The van der Waals surface area contributed by atoms with Crippen LogP contribution in [0.3, 0.4) is 0 Å². The number of carbonyl (C=O) groups excluding carboxylic acids is 3. The Morgan fingerprint density at radius 1 is 1.05 bits per heavy atom. The molecule has 1 aromatic rings. The first-order valence-corrected chi connectivity index (χ1v) is 5.49. The molecule has 0 radical (unpaired) electrons. The number of anilines is 1. The van der Waals surface area contributed by atoms with Gasteiger partial charge in [-0.25, -0.2) is 9.69 Å². The Morgan fingerprint density at radius 3 is 2.32 bits per heavy atom. The molecule has 2 aliphatic rings. The average molecular weight is 259 g/mol. The van der Waals surface area contributed by atoms with Gasteiger partial charge in [-0.15, -0.1) is 0 Å². The summed E-state index contributed by atoms with van der Waals surface area (Å²) in [6, 6.07) is 7.64. The van der Waals surface area contributed by atoms with Crippen LogP contribution in [0.5, 0.6) is 0 Å². The molecule has 1 aromatic carbocycles. The van der Waals surface area contributed by atoms with Crippen molar-refractivity contribution in [3.63, 3.8) is 0 Å². The summed E-state index contributed by atoms with van der Waals surface area (Å²) >= 11 is 0. The number of urea groups is 1. The maximum atomic E-state index is 12.3. The summed E-state index contributed by atoms with van der Waals surface area (Å²) < 4.78 is 0. The third-order valence-corrected chi connectivity index (χ3v) is 2.96. The number of amides is 4. The van der Waals surface area contributed by atoms with Gasteiger partial charge in [0, 0.05) is 6.08 Å². The van der Waals surface area contributed by atoms with Crippen LogP contribution in [0.2, 0.25) is 0 Å². The van der Waals surface area contributed by atoms with Crippen LogP contribution >= 0.6 is 0 Å². The molecule has 0 aromatic heterocycles. The number of carbonyl (C=O) groups is 3. The molecule has 7 heteroatoms. The van der Waals surface area contributed by atoms with Crippen molar-refractivity contribution in [1.29, 1.82) is 0 Å². The lowest BCUT2D eigenvalue weighted by atomic mass is 10.1. The summed E-state index contributed by atoms with van der Waals surface area (Å²) in [6.45, 7) is 0. The molecular formula is C12H9N3O4. The van der Waals surface area contributed by atoms with Crippen molar-refractivity contribution < 1.29 is 19.5 Å².